The fourth-order valence-corrected chi connectivity index (χ4v) is 2.44. The van der Waals surface area contributed by atoms with Crippen LogP contribution in [0.25, 0.3) is 0 Å². The maximum absolute atomic E-state index is 3.37. The SMILES string of the molecule is Cc1ccc(C2C=CC(C3=CNC(C)C=C3)NN2)cc1. The molecule has 0 spiro atoms. The number of nitrogens with one attached hydrogen (secondary N) is 3. The van der Waals surface area contributed by atoms with Crippen molar-refractivity contribution in [3.63, 3.8) is 0 Å². The van der Waals surface area contributed by atoms with E-state index in [1.165, 1.54) is 16.7 Å². The van der Waals surface area contributed by atoms with Gasteiger partial charge in [-0.2, -0.15) is 0 Å². The summed E-state index contributed by atoms with van der Waals surface area (Å²) in [7, 11) is 0. The average Bonchev–Trinajstić information content (AvgIpc) is 2.49. The third-order valence-electron chi connectivity index (χ3n) is 3.78. The lowest BCUT2D eigenvalue weighted by Gasteiger charge is -2.28. The first-order valence-corrected chi connectivity index (χ1v) is 7.12. The average molecular weight is 267 g/mol. The van der Waals surface area contributed by atoms with Crippen LogP contribution in [0, 0.1) is 6.92 Å². The second-order valence-electron chi connectivity index (χ2n) is 5.50. The molecule has 3 atom stereocenters. The van der Waals surface area contributed by atoms with E-state index in [0.717, 1.165) is 0 Å². The Morgan fingerprint density at radius 1 is 0.900 bits per heavy atom. The highest BCUT2D eigenvalue weighted by Gasteiger charge is 2.18. The Labute approximate surface area is 120 Å². The summed E-state index contributed by atoms with van der Waals surface area (Å²) in [6, 6.07) is 9.49. The van der Waals surface area contributed by atoms with Crippen LogP contribution in [-0.2, 0) is 0 Å². The fraction of sp³-hybridized carbons (Fsp3) is 0.294. The van der Waals surface area contributed by atoms with E-state index < -0.39 is 0 Å². The van der Waals surface area contributed by atoms with Crippen LogP contribution in [0.2, 0.25) is 0 Å². The monoisotopic (exact) mass is 267 g/mol. The van der Waals surface area contributed by atoms with E-state index in [1.807, 2.05) is 0 Å². The molecule has 1 aromatic carbocycles. The topological polar surface area (TPSA) is 36.1 Å². The minimum Gasteiger partial charge on any atom is -0.385 e. The molecule has 0 aromatic heterocycles. The Kier molecular flexibility index (Phi) is 3.72. The molecule has 0 radical (unpaired) electrons. The summed E-state index contributed by atoms with van der Waals surface area (Å²) in [4.78, 5) is 0. The van der Waals surface area contributed by atoms with Crippen molar-refractivity contribution < 1.29 is 0 Å². The molecule has 3 unspecified atom stereocenters. The third-order valence-corrected chi connectivity index (χ3v) is 3.78. The van der Waals surface area contributed by atoms with Gasteiger partial charge >= 0.3 is 0 Å². The maximum atomic E-state index is 3.37. The molecule has 0 aliphatic carbocycles. The minimum atomic E-state index is 0.216. The largest absolute Gasteiger partial charge is 0.385 e. The standard InChI is InChI=1S/C17H21N3/c1-12-3-6-14(7-4-12)16-9-10-17(20-19-16)15-8-5-13(2)18-11-15/h3-11,13,16-20H,1-2H3. The number of aryl methyl sites for hydroxylation is 1. The molecule has 2 aliphatic heterocycles. The van der Waals surface area contributed by atoms with E-state index in [-0.39, 0.29) is 12.1 Å². The van der Waals surface area contributed by atoms with E-state index in [0.29, 0.717) is 6.04 Å². The molecule has 3 heteroatoms. The van der Waals surface area contributed by atoms with Gasteiger partial charge in [-0.25, -0.2) is 10.9 Å². The first kappa shape index (κ1) is 13.2. The predicted octanol–water partition coefficient (Wildman–Crippen LogP) is 2.50. The molecular formula is C17H21N3. The van der Waals surface area contributed by atoms with Gasteiger partial charge in [0.25, 0.3) is 0 Å². The molecule has 2 heterocycles. The fourth-order valence-electron chi connectivity index (χ4n) is 2.44. The summed E-state index contributed by atoms with van der Waals surface area (Å²) < 4.78 is 0. The van der Waals surface area contributed by atoms with Gasteiger partial charge in [0.1, 0.15) is 0 Å². The van der Waals surface area contributed by atoms with Gasteiger partial charge in [-0.1, -0.05) is 54.1 Å². The van der Waals surface area contributed by atoms with Crippen LogP contribution < -0.4 is 16.2 Å². The number of hydrazine groups is 1. The van der Waals surface area contributed by atoms with Crippen molar-refractivity contribution in [2.75, 3.05) is 0 Å². The second-order valence-corrected chi connectivity index (χ2v) is 5.50. The zero-order valence-corrected chi connectivity index (χ0v) is 11.9. The van der Waals surface area contributed by atoms with Gasteiger partial charge in [0.05, 0.1) is 12.1 Å². The molecule has 0 fully saturated rings. The molecular weight excluding hydrogens is 246 g/mol. The Hall–Kier alpha value is -1.84. The first-order chi connectivity index (χ1) is 9.72. The maximum Gasteiger partial charge on any atom is 0.0658 e. The molecule has 2 aliphatic rings. The Bertz CT molecular complexity index is 554. The van der Waals surface area contributed by atoms with Gasteiger partial charge in [-0.3, -0.25) is 0 Å². The summed E-state index contributed by atoms with van der Waals surface area (Å²) in [6.45, 7) is 4.25. The first-order valence-electron chi connectivity index (χ1n) is 7.12. The Morgan fingerprint density at radius 3 is 2.20 bits per heavy atom. The summed E-state index contributed by atoms with van der Waals surface area (Å²) in [6.07, 6.45) is 10.9. The van der Waals surface area contributed by atoms with Crippen molar-refractivity contribution in [3.05, 3.63) is 71.5 Å². The number of hydrogen-bond donors (Lipinski definition) is 3. The van der Waals surface area contributed by atoms with Crippen LogP contribution in [0.5, 0.6) is 0 Å². The van der Waals surface area contributed by atoms with Crippen molar-refractivity contribution in [2.45, 2.75) is 32.0 Å². The quantitative estimate of drug-likeness (QED) is 0.721. The van der Waals surface area contributed by atoms with Gasteiger partial charge in [0.15, 0.2) is 0 Å². The zero-order chi connectivity index (χ0) is 13.9. The summed E-state index contributed by atoms with van der Waals surface area (Å²) in [5.74, 6) is 0. The van der Waals surface area contributed by atoms with Crippen LogP contribution in [0.1, 0.15) is 24.1 Å². The number of rotatable bonds is 2. The van der Waals surface area contributed by atoms with Crippen LogP contribution in [-0.4, -0.2) is 12.1 Å². The summed E-state index contributed by atoms with van der Waals surface area (Å²) >= 11 is 0. The number of hydrogen-bond acceptors (Lipinski definition) is 3. The lowest BCUT2D eigenvalue weighted by Crippen LogP contribution is -2.46. The number of benzene rings is 1. The Balaban J connectivity index is 1.69. The predicted molar refractivity (Wildman–Crippen MR) is 82.9 cm³/mol. The van der Waals surface area contributed by atoms with Gasteiger partial charge in [0.2, 0.25) is 0 Å². The van der Waals surface area contributed by atoms with Gasteiger partial charge in [-0.15, -0.1) is 0 Å². The Morgan fingerprint density at radius 2 is 1.60 bits per heavy atom. The normalized spacial score (nSPS) is 28.9. The lowest BCUT2D eigenvalue weighted by atomic mass is 9.99. The van der Waals surface area contributed by atoms with Gasteiger partial charge in [-0.05, 0) is 25.0 Å². The van der Waals surface area contributed by atoms with Crippen LogP contribution in [0.15, 0.2) is 60.3 Å². The molecule has 0 bridgehead atoms. The highest BCUT2D eigenvalue weighted by molar-refractivity contribution is 5.35. The summed E-state index contributed by atoms with van der Waals surface area (Å²) in [5, 5.41) is 3.33. The molecule has 3 nitrogen and oxygen atoms in total. The zero-order valence-electron chi connectivity index (χ0n) is 11.9. The van der Waals surface area contributed by atoms with Crippen LogP contribution in [0.3, 0.4) is 0 Å². The third kappa shape index (κ3) is 2.84. The molecule has 1 aromatic rings. The van der Waals surface area contributed by atoms with E-state index >= 15 is 0 Å². The molecule has 0 saturated carbocycles. The highest BCUT2D eigenvalue weighted by atomic mass is 15.4. The molecule has 3 N–H and O–H groups in total. The van der Waals surface area contributed by atoms with Crippen molar-refractivity contribution in [1.29, 1.82) is 0 Å². The summed E-state index contributed by atoms with van der Waals surface area (Å²) in [5.41, 5.74) is 10.6. The van der Waals surface area contributed by atoms with Crippen molar-refractivity contribution in [2.24, 2.45) is 0 Å². The molecule has 3 rings (SSSR count). The second kappa shape index (κ2) is 5.65. The molecule has 0 amide bonds. The number of dihydropyridines is 1. The van der Waals surface area contributed by atoms with Crippen molar-refractivity contribution in [1.82, 2.24) is 16.2 Å². The van der Waals surface area contributed by atoms with Gasteiger partial charge in [0, 0.05) is 12.2 Å². The van der Waals surface area contributed by atoms with Crippen molar-refractivity contribution in [3.8, 4) is 0 Å². The van der Waals surface area contributed by atoms with E-state index in [1.54, 1.807) is 0 Å². The van der Waals surface area contributed by atoms with Gasteiger partial charge < -0.3 is 5.32 Å². The van der Waals surface area contributed by atoms with E-state index in [4.69, 9.17) is 0 Å². The molecule has 0 saturated heterocycles. The van der Waals surface area contributed by atoms with Crippen molar-refractivity contribution >= 4 is 0 Å². The smallest absolute Gasteiger partial charge is 0.0658 e. The molecule has 20 heavy (non-hydrogen) atoms. The van der Waals surface area contributed by atoms with E-state index in [2.05, 4.69) is 84.8 Å². The lowest BCUT2D eigenvalue weighted by molar-refractivity contribution is 0.449. The van der Waals surface area contributed by atoms with Crippen LogP contribution >= 0.6 is 0 Å². The van der Waals surface area contributed by atoms with E-state index in [9.17, 15) is 0 Å². The minimum absolute atomic E-state index is 0.216. The van der Waals surface area contributed by atoms with Crippen LogP contribution in [0.4, 0.5) is 0 Å². The highest BCUT2D eigenvalue weighted by Crippen LogP contribution is 2.20. The molecule has 104 valence electrons.